The molecule has 0 aromatic carbocycles. The molecule has 0 atom stereocenters. The highest BCUT2D eigenvalue weighted by Gasteiger charge is 2.15. The van der Waals surface area contributed by atoms with Gasteiger partial charge >= 0.3 is 9.28 Å². The van der Waals surface area contributed by atoms with Crippen LogP contribution >= 0.6 is 0 Å². The van der Waals surface area contributed by atoms with Gasteiger partial charge < -0.3 is 8.85 Å². The predicted molar refractivity (Wildman–Crippen MR) is 75.6 cm³/mol. The molecule has 0 aliphatic heterocycles. The first-order chi connectivity index (χ1) is 8.36. The molecular formula is C14H30O2Si. The molecule has 102 valence electrons. The lowest BCUT2D eigenvalue weighted by Gasteiger charge is -2.17. The molecular weight excluding hydrogens is 228 g/mol. The molecule has 1 aliphatic rings. The standard InChI is InChI=1S/C14H30O2Si/c1-3-15-17(16-4-2)13-9-12-14-10-7-5-6-8-11-14/h14,17H,3-13H2,1-2H3. The van der Waals surface area contributed by atoms with Gasteiger partial charge in [0.1, 0.15) is 0 Å². The molecule has 1 rings (SSSR count). The second-order valence-corrected chi connectivity index (χ2v) is 7.23. The summed E-state index contributed by atoms with van der Waals surface area (Å²) in [5.41, 5.74) is 0. The topological polar surface area (TPSA) is 18.5 Å². The van der Waals surface area contributed by atoms with E-state index >= 15 is 0 Å². The number of hydrogen-bond donors (Lipinski definition) is 0. The molecule has 1 aliphatic carbocycles. The summed E-state index contributed by atoms with van der Waals surface area (Å²) in [7, 11) is -1.32. The average molecular weight is 258 g/mol. The first-order valence-electron chi connectivity index (χ1n) is 7.60. The fraction of sp³-hybridized carbons (Fsp3) is 1.00. The van der Waals surface area contributed by atoms with Crippen LogP contribution in [-0.2, 0) is 8.85 Å². The highest BCUT2D eigenvalue weighted by Crippen LogP contribution is 2.27. The first-order valence-corrected chi connectivity index (χ1v) is 9.36. The Morgan fingerprint density at radius 2 is 1.53 bits per heavy atom. The summed E-state index contributed by atoms with van der Waals surface area (Å²) >= 11 is 0. The Morgan fingerprint density at radius 3 is 2.06 bits per heavy atom. The van der Waals surface area contributed by atoms with E-state index in [1.165, 1.54) is 57.4 Å². The summed E-state index contributed by atoms with van der Waals surface area (Å²) in [4.78, 5) is 0. The maximum Gasteiger partial charge on any atom is 0.321 e. The Labute approximate surface area is 109 Å². The summed E-state index contributed by atoms with van der Waals surface area (Å²) in [6.45, 7) is 5.79. The van der Waals surface area contributed by atoms with Gasteiger partial charge in [-0.15, -0.1) is 0 Å². The Hall–Kier alpha value is 0.137. The van der Waals surface area contributed by atoms with Gasteiger partial charge in [-0.3, -0.25) is 0 Å². The molecule has 2 nitrogen and oxygen atoms in total. The summed E-state index contributed by atoms with van der Waals surface area (Å²) in [5.74, 6) is 0.996. The van der Waals surface area contributed by atoms with Crippen LogP contribution in [0.4, 0.5) is 0 Å². The van der Waals surface area contributed by atoms with Crippen molar-refractivity contribution >= 4 is 9.28 Å². The van der Waals surface area contributed by atoms with Gasteiger partial charge in [0.25, 0.3) is 0 Å². The fourth-order valence-electron chi connectivity index (χ4n) is 2.81. The van der Waals surface area contributed by atoms with E-state index in [1.807, 2.05) is 0 Å². The Bertz CT molecular complexity index is 160. The summed E-state index contributed by atoms with van der Waals surface area (Å²) in [6, 6.07) is 1.21. The van der Waals surface area contributed by atoms with Crippen LogP contribution in [0.15, 0.2) is 0 Å². The van der Waals surface area contributed by atoms with Crippen LogP contribution in [0.1, 0.15) is 65.2 Å². The fourth-order valence-corrected chi connectivity index (χ4v) is 4.55. The number of hydrogen-bond acceptors (Lipinski definition) is 2. The molecule has 0 amide bonds. The second kappa shape index (κ2) is 10.1. The smallest absolute Gasteiger partial charge is 0.321 e. The van der Waals surface area contributed by atoms with Gasteiger partial charge in [0, 0.05) is 13.2 Å². The normalized spacial score (nSPS) is 18.5. The minimum Gasteiger partial charge on any atom is -0.397 e. The third-order valence-electron chi connectivity index (χ3n) is 3.73. The van der Waals surface area contributed by atoms with Gasteiger partial charge in [-0.2, -0.15) is 0 Å². The molecule has 0 radical (unpaired) electrons. The van der Waals surface area contributed by atoms with Crippen LogP contribution in [0.5, 0.6) is 0 Å². The van der Waals surface area contributed by atoms with Crippen molar-refractivity contribution in [3.8, 4) is 0 Å². The van der Waals surface area contributed by atoms with Crippen LogP contribution < -0.4 is 0 Å². The zero-order chi connectivity index (χ0) is 12.3. The van der Waals surface area contributed by atoms with Crippen LogP contribution in [0.25, 0.3) is 0 Å². The Kier molecular flexibility index (Phi) is 9.02. The van der Waals surface area contributed by atoms with Crippen molar-refractivity contribution in [1.82, 2.24) is 0 Å². The summed E-state index contributed by atoms with van der Waals surface area (Å²) in [6.07, 6.45) is 11.5. The SMILES string of the molecule is CCO[SiH](CCCC1CCCCCC1)OCC. The minimum absolute atomic E-state index is 0.820. The minimum atomic E-state index is -1.32. The molecule has 0 N–H and O–H groups in total. The highest BCUT2D eigenvalue weighted by molar-refractivity contribution is 6.44. The largest absolute Gasteiger partial charge is 0.397 e. The predicted octanol–water partition coefficient (Wildman–Crippen LogP) is 4.03. The Morgan fingerprint density at radius 1 is 0.941 bits per heavy atom. The monoisotopic (exact) mass is 258 g/mol. The lowest BCUT2D eigenvalue weighted by Crippen LogP contribution is -2.22. The van der Waals surface area contributed by atoms with Crippen molar-refractivity contribution in [2.45, 2.75) is 71.3 Å². The maximum absolute atomic E-state index is 5.71. The van der Waals surface area contributed by atoms with Gasteiger partial charge in [0.15, 0.2) is 0 Å². The van der Waals surface area contributed by atoms with Gasteiger partial charge in [-0.05, 0) is 25.8 Å². The van der Waals surface area contributed by atoms with Crippen molar-refractivity contribution < 1.29 is 8.85 Å². The van der Waals surface area contributed by atoms with E-state index in [4.69, 9.17) is 8.85 Å². The first kappa shape index (κ1) is 15.2. The quantitative estimate of drug-likeness (QED) is 0.483. The van der Waals surface area contributed by atoms with Crippen molar-refractivity contribution in [3.05, 3.63) is 0 Å². The van der Waals surface area contributed by atoms with E-state index < -0.39 is 9.28 Å². The lowest BCUT2D eigenvalue weighted by atomic mass is 9.95. The highest BCUT2D eigenvalue weighted by atomic mass is 28.3. The lowest BCUT2D eigenvalue weighted by molar-refractivity contribution is 0.211. The van der Waals surface area contributed by atoms with Crippen molar-refractivity contribution in [3.63, 3.8) is 0 Å². The molecule has 1 fully saturated rings. The number of rotatable bonds is 8. The average Bonchev–Trinajstić information content (AvgIpc) is 2.58. The molecule has 0 heterocycles. The molecule has 1 saturated carbocycles. The molecule has 0 aromatic rings. The van der Waals surface area contributed by atoms with Gasteiger partial charge in [0.05, 0.1) is 0 Å². The van der Waals surface area contributed by atoms with E-state index in [-0.39, 0.29) is 0 Å². The van der Waals surface area contributed by atoms with Crippen LogP contribution in [0.2, 0.25) is 6.04 Å². The van der Waals surface area contributed by atoms with E-state index in [0.29, 0.717) is 0 Å². The molecule has 3 heteroatoms. The summed E-state index contributed by atoms with van der Waals surface area (Å²) in [5, 5.41) is 0. The molecule has 0 aromatic heterocycles. The molecule has 0 spiro atoms. The zero-order valence-electron chi connectivity index (χ0n) is 11.7. The van der Waals surface area contributed by atoms with Crippen LogP contribution in [-0.4, -0.2) is 22.5 Å². The van der Waals surface area contributed by atoms with Gasteiger partial charge in [-0.1, -0.05) is 51.4 Å². The van der Waals surface area contributed by atoms with E-state index in [9.17, 15) is 0 Å². The van der Waals surface area contributed by atoms with Gasteiger partial charge in [-0.25, -0.2) is 0 Å². The molecule has 17 heavy (non-hydrogen) atoms. The van der Waals surface area contributed by atoms with E-state index in [2.05, 4.69) is 13.8 Å². The molecule has 0 saturated heterocycles. The van der Waals surface area contributed by atoms with Crippen molar-refractivity contribution in [1.29, 1.82) is 0 Å². The van der Waals surface area contributed by atoms with Crippen molar-refractivity contribution in [2.24, 2.45) is 5.92 Å². The maximum atomic E-state index is 5.71. The van der Waals surface area contributed by atoms with E-state index in [1.54, 1.807) is 0 Å². The van der Waals surface area contributed by atoms with E-state index in [0.717, 1.165) is 19.1 Å². The van der Waals surface area contributed by atoms with Gasteiger partial charge in [0.2, 0.25) is 0 Å². The molecule has 0 bridgehead atoms. The van der Waals surface area contributed by atoms with Crippen LogP contribution in [0.3, 0.4) is 0 Å². The second-order valence-electron chi connectivity index (χ2n) is 5.13. The molecule has 0 unspecified atom stereocenters. The third kappa shape index (κ3) is 7.22. The van der Waals surface area contributed by atoms with Crippen LogP contribution in [0, 0.1) is 5.92 Å². The van der Waals surface area contributed by atoms with Crippen molar-refractivity contribution in [2.75, 3.05) is 13.2 Å². The summed E-state index contributed by atoms with van der Waals surface area (Å²) < 4.78 is 11.4. The Balaban J connectivity index is 2.10. The zero-order valence-corrected chi connectivity index (χ0v) is 12.9. The third-order valence-corrected chi connectivity index (χ3v) is 6.02.